The molecule has 2 aromatic rings. The van der Waals surface area contributed by atoms with Gasteiger partial charge in [0.1, 0.15) is 5.82 Å². The van der Waals surface area contributed by atoms with Crippen molar-refractivity contribution in [2.45, 2.75) is 57.4 Å². The van der Waals surface area contributed by atoms with Crippen LogP contribution in [0.3, 0.4) is 0 Å². The molecule has 0 unspecified atom stereocenters. The summed E-state index contributed by atoms with van der Waals surface area (Å²) in [6.07, 6.45) is 9.04. The highest BCUT2D eigenvalue weighted by Crippen LogP contribution is 2.47. The number of nitrogens with zero attached hydrogens (tertiary/aromatic N) is 1. The first-order valence-electron chi connectivity index (χ1n) is 10.6. The summed E-state index contributed by atoms with van der Waals surface area (Å²) in [5, 5.41) is 0. The smallest absolute Gasteiger partial charge is 0.162 e. The van der Waals surface area contributed by atoms with Gasteiger partial charge >= 0.3 is 0 Å². The summed E-state index contributed by atoms with van der Waals surface area (Å²) in [7, 11) is 2.20. The second-order valence-corrected chi connectivity index (χ2v) is 8.87. The van der Waals surface area contributed by atoms with E-state index in [0.717, 1.165) is 13.0 Å². The highest BCUT2D eigenvalue weighted by molar-refractivity contribution is 5.95. The Kier molecular flexibility index (Phi) is 7.13. The largest absolute Gasteiger partial charge is 0.303 e. The van der Waals surface area contributed by atoms with Gasteiger partial charge in [0.15, 0.2) is 5.78 Å². The van der Waals surface area contributed by atoms with Crippen LogP contribution in [0.25, 0.3) is 0 Å². The van der Waals surface area contributed by atoms with Crippen molar-refractivity contribution in [3.8, 4) is 0 Å². The van der Waals surface area contributed by atoms with E-state index in [1.54, 1.807) is 23.3 Å². The van der Waals surface area contributed by atoms with Crippen molar-refractivity contribution in [3.05, 3.63) is 71.0 Å². The molecule has 2 aliphatic rings. The van der Waals surface area contributed by atoms with Gasteiger partial charge in [0, 0.05) is 18.0 Å². The summed E-state index contributed by atoms with van der Waals surface area (Å²) in [4.78, 5) is 14.7. The van der Waals surface area contributed by atoms with Crippen LogP contribution in [0.2, 0.25) is 0 Å². The molecule has 156 valence electrons. The molecule has 2 aliphatic carbocycles. The first kappa shape index (κ1) is 22.0. The summed E-state index contributed by atoms with van der Waals surface area (Å²) in [6, 6.07) is 15.5. The van der Waals surface area contributed by atoms with Crippen LogP contribution in [-0.4, -0.2) is 30.3 Å². The van der Waals surface area contributed by atoms with Crippen LogP contribution in [0.4, 0.5) is 4.39 Å². The summed E-state index contributed by atoms with van der Waals surface area (Å²) >= 11 is 0. The van der Waals surface area contributed by atoms with Crippen molar-refractivity contribution in [1.82, 2.24) is 4.90 Å². The Morgan fingerprint density at radius 2 is 1.62 bits per heavy atom. The molecule has 2 nitrogen and oxygen atoms in total. The SMILES string of the molecule is CN(CCCC(=O)c1ccc(F)cc1)C1CCC2(CC1)Cc1ccccc1C2.Cl. The first-order valence-corrected chi connectivity index (χ1v) is 10.6. The van der Waals surface area contributed by atoms with Crippen LogP contribution in [0.5, 0.6) is 0 Å². The quantitative estimate of drug-likeness (QED) is 0.550. The van der Waals surface area contributed by atoms with Gasteiger partial charge in [0.05, 0.1) is 0 Å². The number of Topliss-reactive ketones (excluding diaryl/α,β-unsaturated/α-hetero) is 1. The fourth-order valence-corrected chi connectivity index (χ4v) is 5.23. The van der Waals surface area contributed by atoms with E-state index < -0.39 is 0 Å². The zero-order chi connectivity index (χ0) is 19.6. The molecule has 1 spiro atoms. The van der Waals surface area contributed by atoms with Gasteiger partial charge in [-0.2, -0.15) is 0 Å². The van der Waals surface area contributed by atoms with Crippen LogP contribution < -0.4 is 0 Å². The number of ketones is 1. The first-order chi connectivity index (χ1) is 13.5. The molecule has 0 atom stereocenters. The fraction of sp³-hybridized carbons (Fsp3) is 0.480. The van der Waals surface area contributed by atoms with Crippen LogP contribution in [0.1, 0.15) is 60.0 Å². The number of fused-ring (bicyclic) bond motifs is 1. The summed E-state index contributed by atoms with van der Waals surface area (Å²) in [6.45, 7) is 0.949. The number of rotatable bonds is 6. The van der Waals surface area contributed by atoms with E-state index in [1.807, 2.05) is 0 Å². The number of hydrogen-bond acceptors (Lipinski definition) is 2. The molecule has 29 heavy (non-hydrogen) atoms. The Morgan fingerprint density at radius 1 is 1.03 bits per heavy atom. The van der Waals surface area contributed by atoms with Crippen LogP contribution >= 0.6 is 12.4 Å². The molecular weight excluding hydrogens is 385 g/mol. The lowest BCUT2D eigenvalue weighted by Crippen LogP contribution is -2.39. The van der Waals surface area contributed by atoms with E-state index in [-0.39, 0.29) is 24.0 Å². The molecule has 0 aliphatic heterocycles. The molecule has 2 aromatic carbocycles. The standard InChI is InChI=1S/C25H30FNO.ClH/c1-27(16-4-7-24(28)19-8-10-22(26)11-9-19)23-12-14-25(15-13-23)17-20-5-2-3-6-21(20)18-25;/h2-3,5-6,8-11,23H,4,7,12-18H2,1H3;1H. The van der Waals surface area contributed by atoms with E-state index in [2.05, 4.69) is 36.2 Å². The predicted octanol–water partition coefficient (Wildman–Crippen LogP) is 5.87. The highest BCUT2D eigenvalue weighted by Gasteiger charge is 2.40. The van der Waals surface area contributed by atoms with Gasteiger partial charge in [-0.25, -0.2) is 4.39 Å². The van der Waals surface area contributed by atoms with Gasteiger partial charge in [-0.3, -0.25) is 4.79 Å². The third kappa shape index (κ3) is 5.07. The molecule has 0 bridgehead atoms. The minimum Gasteiger partial charge on any atom is -0.303 e. The van der Waals surface area contributed by atoms with E-state index in [1.165, 1.54) is 50.7 Å². The monoisotopic (exact) mass is 415 g/mol. The number of carbonyl (C=O) groups is 1. The van der Waals surface area contributed by atoms with Gasteiger partial charge in [0.25, 0.3) is 0 Å². The van der Waals surface area contributed by atoms with Crippen LogP contribution in [-0.2, 0) is 12.8 Å². The third-order valence-corrected chi connectivity index (χ3v) is 6.97. The molecule has 4 heteroatoms. The normalized spacial score (nSPS) is 17.9. The average Bonchev–Trinajstić information content (AvgIpc) is 3.06. The lowest BCUT2D eigenvalue weighted by atomic mass is 9.70. The molecule has 1 fully saturated rings. The maximum Gasteiger partial charge on any atom is 0.162 e. The number of hydrogen-bond donors (Lipinski definition) is 0. The Balaban J connectivity index is 0.00000240. The lowest BCUT2D eigenvalue weighted by Gasteiger charge is -2.40. The molecule has 0 radical (unpaired) electrons. The van der Waals surface area contributed by atoms with E-state index >= 15 is 0 Å². The number of halogens is 2. The average molecular weight is 416 g/mol. The Labute approximate surface area is 179 Å². The van der Waals surface area contributed by atoms with Crippen molar-refractivity contribution in [2.24, 2.45) is 5.41 Å². The number of benzene rings is 2. The molecule has 0 aromatic heterocycles. The van der Waals surface area contributed by atoms with Gasteiger partial charge in [0.2, 0.25) is 0 Å². The Morgan fingerprint density at radius 3 is 2.21 bits per heavy atom. The van der Waals surface area contributed by atoms with E-state index in [4.69, 9.17) is 0 Å². The summed E-state index contributed by atoms with van der Waals surface area (Å²) < 4.78 is 13.0. The van der Waals surface area contributed by atoms with Gasteiger partial charge in [-0.15, -0.1) is 12.4 Å². The van der Waals surface area contributed by atoms with Crippen molar-refractivity contribution >= 4 is 18.2 Å². The second kappa shape index (κ2) is 9.40. The van der Waals surface area contributed by atoms with Crippen LogP contribution in [0, 0.1) is 11.2 Å². The molecule has 4 rings (SSSR count). The van der Waals surface area contributed by atoms with Crippen molar-refractivity contribution in [3.63, 3.8) is 0 Å². The minimum absolute atomic E-state index is 0. The molecule has 1 saturated carbocycles. The predicted molar refractivity (Wildman–Crippen MR) is 118 cm³/mol. The molecule has 0 heterocycles. The summed E-state index contributed by atoms with van der Waals surface area (Å²) in [5.41, 5.74) is 4.24. The zero-order valence-electron chi connectivity index (χ0n) is 17.2. The molecular formula is C25H31ClFNO. The third-order valence-electron chi connectivity index (χ3n) is 6.97. The lowest BCUT2D eigenvalue weighted by molar-refractivity contribution is 0.0948. The van der Waals surface area contributed by atoms with Crippen molar-refractivity contribution in [2.75, 3.05) is 13.6 Å². The fourth-order valence-electron chi connectivity index (χ4n) is 5.23. The maximum atomic E-state index is 13.0. The van der Waals surface area contributed by atoms with Gasteiger partial charge in [-0.1, -0.05) is 24.3 Å². The Bertz CT molecular complexity index is 800. The van der Waals surface area contributed by atoms with Crippen molar-refractivity contribution < 1.29 is 9.18 Å². The van der Waals surface area contributed by atoms with E-state index in [9.17, 15) is 9.18 Å². The Hall–Kier alpha value is -1.71. The highest BCUT2D eigenvalue weighted by atomic mass is 35.5. The van der Waals surface area contributed by atoms with Gasteiger partial charge in [-0.05, 0) is 99.3 Å². The van der Waals surface area contributed by atoms with Crippen LogP contribution in [0.15, 0.2) is 48.5 Å². The molecule has 0 saturated heterocycles. The zero-order valence-corrected chi connectivity index (χ0v) is 18.0. The van der Waals surface area contributed by atoms with Crippen molar-refractivity contribution in [1.29, 1.82) is 0 Å². The number of carbonyl (C=O) groups excluding carboxylic acids is 1. The molecule has 0 amide bonds. The minimum atomic E-state index is -0.295. The second-order valence-electron chi connectivity index (χ2n) is 8.87. The molecule has 0 N–H and O–H groups in total. The maximum absolute atomic E-state index is 13.0. The topological polar surface area (TPSA) is 20.3 Å². The van der Waals surface area contributed by atoms with E-state index in [0.29, 0.717) is 23.4 Å². The summed E-state index contributed by atoms with van der Waals surface area (Å²) in [5.74, 6) is -0.184. The van der Waals surface area contributed by atoms with Gasteiger partial charge < -0.3 is 4.90 Å².